The Balaban J connectivity index is 2.50. The molecule has 0 saturated carbocycles. The lowest BCUT2D eigenvalue weighted by Gasteiger charge is -2.06. The Bertz CT molecular complexity index is 339. The number of hydrogen-bond donors (Lipinski definition) is 2. The van der Waals surface area contributed by atoms with Gasteiger partial charge in [0.1, 0.15) is 5.69 Å². The van der Waals surface area contributed by atoms with Crippen molar-refractivity contribution in [1.29, 1.82) is 0 Å². The summed E-state index contributed by atoms with van der Waals surface area (Å²) in [7, 11) is 1.60. The van der Waals surface area contributed by atoms with Crippen molar-refractivity contribution in [2.45, 2.75) is 26.2 Å². The van der Waals surface area contributed by atoms with E-state index in [0.717, 1.165) is 18.7 Å². The second kappa shape index (κ2) is 6.82. The van der Waals surface area contributed by atoms with Gasteiger partial charge < -0.3 is 10.6 Å². The molecule has 0 unspecified atom stereocenters. The number of unbranched alkanes of at least 4 members (excludes halogenated alkanes) is 2. The average molecular weight is 221 g/mol. The molecule has 16 heavy (non-hydrogen) atoms. The smallest absolute Gasteiger partial charge is 0.269 e. The first kappa shape index (κ1) is 12.5. The molecule has 1 aromatic heterocycles. The van der Waals surface area contributed by atoms with Crippen LogP contribution in [0.4, 0.5) is 5.69 Å². The highest BCUT2D eigenvalue weighted by atomic mass is 16.1. The molecule has 0 radical (unpaired) electrons. The van der Waals surface area contributed by atoms with Gasteiger partial charge in [-0.3, -0.25) is 9.78 Å². The minimum Gasteiger partial charge on any atom is -0.385 e. The zero-order chi connectivity index (χ0) is 11.8. The Morgan fingerprint density at radius 2 is 2.25 bits per heavy atom. The summed E-state index contributed by atoms with van der Waals surface area (Å²) < 4.78 is 0. The molecule has 0 saturated heterocycles. The number of carbonyl (C=O) groups excluding carboxylic acids is 1. The second-order valence-electron chi connectivity index (χ2n) is 3.64. The summed E-state index contributed by atoms with van der Waals surface area (Å²) in [6, 6.07) is 3.64. The van der Waals surface area contributed by atoms with Gasteiger partial charge in [-0.15, -0.1) is 0 Å². The highest BCUT2D eigenvalue weighted by molar-refractivity contribution is 5.92. The van der Waals surface area contributed by atoms with Crippen LogP contribution in [0.2, 0.25) is 0 Å². The van der Waals surface area contributed by atoms with E-state index in [2.05, 4.69) is 22.5 Å². The molecular weight excluding hydrogens is 202 g/mol. The summed E-state index contributed by atoms with van der Waals surface area (Å²) in [6.45, 7) is 3.11. The third-order valence-corrected chi connectivity index (χ3v) is 2.33. The van der Waals surface area contributed by atoms with E-state index in [-0.39, 0.29) is 5.91 Å². The molecule has 0 bridgehead atoms. The molecule has 1 aromatic rings. The third-order valence-electron chi connectivity index (χ3n) is 2.33. The molecule has 0 aliphatic carbocycles. The number of pyridine rings is 1. The Morgan fingerprint density at radius 1 is 1.44 bits per heavy atom. The van der Waals surface area contributed by atoms with Gasteiger partial charge in [0.05, 0.1) is 0 Å². The fourth-order valence-electron chi connectivity index (χ4n) is 1.40. The largest absolute Gasteiger partial charge is 0.385 e. The highest BCUT2D eigenvalue weighted by Gasteiger charge is 2.04. The zero-order valence-corrected chi connectivity index (χ0v) is 9.92. The predicted molar refractivity (Wildman–Crippen MR) is 65.6 cm³/mol. The summed E-state index contributed by atoms with van der Waals surface area (Å²) in [5.41, 5.74) is 1.40. The standard InChI is InChI=1S/C12H19N3O/c1-3-4-5-7-14-10-6-8-15-11(9-10)12(16)13-2/h6,8-9H,3-5,7H2,1-2H3,(H,13,16)(H,14,15). The SMILES string of the molecule is CCCCCNc1ccnc(C(=O)NC)c1. The van der Waals surface area contributed by atoms with Crippen LogP contribution in [0, 0.1) is 0 Å². The van der Waals surface area contributed by atoms with Crippen molar-refractivity contribution in [3.05, 3.63) is 24.0 Å². The molecular formula is C12H19N3O. The Labute approximate surface area is 96.5 Å². The molecule has 0 aliphatic rings. The van der Waals surface area contributed by atoms with E-state index in [9.17, 15) is 4.79 Å². The van der Waals surface area contributed by atoms with Gasteiger partial charge >= 0.3 is 0 Å². The number of amides is 1. The topological polar surface area (TPSA) is 54.0 Å². The van der Waals surface area contributed by atoms with Gasteiger partial charge in [-0.05, 0) is 18.6 Å². The van der Waals surface area contributed by atoms with Gasteiger partial charge in [-0.25, -0.2) is 0 Å². The van der Waals surface area contributed by atoms with Gasteiger partial charge in [-0.1, -0.05) is 19.8 Å². The van der Waals surface area contributed by atoms with Gasteiger partial charge in [-0.2, -0.15) is 0 Å². The van der Waals surface area contributed by atoms with Gasteiger partial charge in [0.2, 0.25) is 0 Å². The first-order chi connectivity index (χ1) is 7.77. The minimum absolute atomic E-state index is 0.155. The maximum absolute atomic E-state index is 11.3. The van der Waals surface area contributed by atoms with Crippen molar-refractivity contribution in [3.8, 4) is 0 Å². The monoisotopic (exact) mass is 221 g/mol. The van der Waals surface area contributed by atoms with E-state index in [1.807, 2.05) is 6.07 Å². The Kier molecular flexibility index (Phi) is 5.32. The van der Waals surface area contributed by atoms with Crippen LogP contribution in [0.15, 0.2) is 18.3 Å². The lowest BCUT2D eigenvalue weighted by atomic mass is 10.2. The molecule has 2 N–H and O–H groups in total. The van der Waals surface area contributed by atoms with E-state index in [1.165, 1.54) is 12.8 Å². The lowest BCUT2D eigenvalue weighted by Crippen LogP contribution is -2.19. The Morgan fingerprint density at radius 3 is 2.94 bits per heavy atom. The average Bonchev–Trinajstić information content (AvgIpc) is 2.34. The van der Waals surface area contributed by atoms with Crippen LogP contribution in [0.5, 0.6) is 0 Å². The van der Waals surface area contributed by atoms with Crippen molar-refractivity contribution in [2.24, 2.45) is 0 Å². The third kappa shape index (κ3) is 3.88. The van der Waals surface area contributed by atoms with Crippen molar-refractivity contribution < 1.29 is 4.79 Å². The molecule has 0 atom stereocenters. The maximum Gasteiger partial charge on any atom is 0.269 e. The quantitative estimate of drug-likeness (QED) is 0.723. The van der Waals surface area contributed by atoms with Gasteiger partial charge in [0.25, 0.3) is 5.91 Å². The van der Waals surface area contributed by atoms with Crippen LogP contribution in [0.1, 0.15) is 36.7 Å². The molecule has 0 fully saturated rings. The molecule has 4 heteroatoms. The van der Waals surface area contributed by atoms with Crippen molar-refractivity contribution in [3.63, 3.8) is 0 Å². The van der Waals surface area contributed by atoms with E-state index < -0.39 is 0 Å². The fourth-order valence-corrected chi connectivity index (χ4v) is 1.40. The van der Waals surface area contributed by atoms with E-state index >= 15 is 0 Å². The van der Waals surface area contributed by atoms with Crippen molar-refractivity contribution >= 4 is 11.6 Å². The second-order valence-corrected chi connectivity index (χ2v) is 3.64. The summed E-state index contributed by atoms with van der Waals surface area (Å²) in [6.07, 6.45) is 5.22. The van der Waals surface area contributed by atoms with Crippen molar-refractivity contribution in [1.82, 2.24) is 10.3 Å². The number of aromatic nitrogens is 1. The summed E-state index contributed by atoms with van der Waals surface area (Å²) in [5.74, 6) is -0.155. The Hall–Kier alpha value is -1.58. The van der Waals surface area contributed by atoms with Crippen LogP contribution < -0.4 is 10.6 Å². The predicted octanol–water partition coefficient (Wildman–Crippen LogP) is 2.04. The zero-order valence-electron chi connectivity index (χ0n) is 9.92. The number of nitrogens with one attached hydrogen (secondary N) is 2. The molecule has 0 spiro atoms. The normalized spacial score (nSPS) is 9.88. The lowest BCUT2D eigenvalue weighted by molar-refractivity contribution is 0.0958. The number of rotatable bonds is 6. The fraction of sp³-hybridized carbons (Fsp3) is 0.500. The molecule has 88 valence electrons. The molecule has 0 aliphatic heterocycles. The highest BCUT2D eigenvalue weighted by Crippen LogP contribution is 2.08. The van der Waals surface area contributed by atoms with Crippen LogP contribution in [-0.4, -0.2) is 24.5 Å². The molecule has 4 nitrogen and oxygen atoms in total. The number of nitrogens with zero attached hydrogens (tertiary/aromatic N) is 1. The summed E-state index contributed by atoms with van der Waals surface area (Å²) >= 11 is 0. The molecule has 1 heterocycles. The minimum atomic E-state index is -0.155. The summed E-state index contributed by atoms with van der Waals surface area (Å²) in [4.78, 5) is 15.3. The number of carbonyl (C=O) groups is 1. The van der Waals surface area contributed by atoms with Crippen LogP contribution in [0.25, 0.3) is 0 Å². The van der Waals surface area contributed by atoms with Crippen LogP contribution in [0.3, 0.4) is 0 Å². The first-order valence-electron chi connectivity index (χ1n) is 5.70. The van der Waals surface area contributed by atoms with E-state index in [4.69, 9.17) is 0 Å². The van der Waals surface area contributed by atoms with E-state index in [0.29, 0.717) is 5.69 Å². The molecule has 1 amide bonds. The van der Waals surface area contributed by atoms with Gasteiger partial charge in [0, 0.05) is 25.5 Å². The van der Waals surface area contributed by atoms with Crippen LogP contribution in [-0.2, 0) is 0 Å². The van der Waals surface area contributed by atoms with Crippen LogP contribution >= 0.6 is 0 Å². The van der Waals surface area contributed by atoms with Gasteiger partial charge in [0.15, 0.2) is 0 Å². The number of hydrogen-bond acceptors (Lipinski definition) is 3. The molecule has 0 aromatic carbocycles. The molecule has 1 rings (SSSR count). The summed E-state index contributed by atoms with van der Waals surface area (Å²) in [5, 5.41) is 5.83. The maximum atomic E-state index is 11.3. The number of anilines is 1. The van der Waals surface area contributed by atoms with E-state index in [1.54, 1.807) is 19.3 Å². The van der Waals surface area contributed by atoms with Crippen molar-refractivity contribution in [2.75, 3.05) is 18.9 Å². The first-order valence-corrected chi connectivity index (χ1v) is 5.70.